The number of halogens is 1. The van der Waals surface area contributed by atoms with E-state index < -0.39 is 10.2 Å². The Hall–Kier alpha value is -3.84. The average Bonchev–Trinajstić information content (AvgIpc) is 2.89. The highest BCUT2D eigenvalue weighted by molar-refractivity contribution is 5.88. The second-order valence-corrected chi connectivity index (χ2v) is 8.33. The molecule has 1 aromatic heterocycles. The van der Waals surface area contributed by atoms with E-state index in [1.807, 2.05) is 48.5 Å². The number of hydrogen-bond acceptors (Lipinski definition) is 4. The highest BCUT2D eigenvalue weighted by Gasteiger charge is 2.28. The largest absolute Gasteiger partial charge is 0.368 e. The average molecular weight is 485 g/mol. The van der Waals surface area contributed by atoms with Gasteiger partial charge in [0.15, 0.2) is 0 Å². The lowest BCUT2D eigenvalue weighted by atomic mass is 9.94. The minimum Gasteiger partial charge on any atom is -0.222 e. The van der Waals surface area contributed by atoms with Crippen LogP contribution in [0.2, 0.25) is 0 Å². The van der Waals surface area contributed by atoms with Crippen LogP contribution in [0.1, 0.15) is 0 Å². The van der Waals surface area contributed by atoms with Gasteiger partial charge in [0.05, 0.1) is 22.3 Å². The van der Waals surface area contributed by atoms with E-state index in [1.54, 1.807) is 0 Å². The molecule has 0 aliphatic rings. The van der Waals surface area contributed by atoms with Crippen LogP contribution < -0.4 is 18.6 Å². The molecule has 35 heavy (non-hydrogen) atoms. The minimum absolute atomic E-state index is 0.875. The summed E-state index contributed by atoms with van der Waals surface area (Å²) in [5.41, 5.74) is 6.57. The van der Waals surface area contributed by atoms with Gasteiger partial charge in [-0.15, -0.1) is 10.2 Å². The van der Waals surface area contributed by atoms with Crippen molar-refractivity contribution in [3.8, 4) is 44.9 Å². The molecule has 5 aromatic rings. The zero-order valence-corrected chi connectivity index (χ0v) is 19.3. The van der Waals surface area contributed by atoms with E-state index in [0.717, 1.165) is 44.9 Å². The summed E-state index contributed by atoms with van der Waals surface area (Å²) in [5, 5.41) is 0. The Labute approximate surface area is 205 Å². The molecule has 0 atom stereocenters. The van der Waals surface area contributed by atoms with Gasteiger partial charge in [0, 0.05) is 0 Å². The molecule has 0 aliphatic carbocycles. The van der Waals surface area contributed by atoms with Gasteiger partial charge in [0.2, 0.25) is 0 Å². The first-order chi connectivity index (χ1) is 16.9. The molecular weight excluding hydrogens is 464 g/mol. The topological polar surface area (TPSA) is 104 Å². The highest BCUT2D eigenvalue weighted by Crippen LogP contribution is 2.41. The fourth-order valence-electron chi connectivity index (χ4n) is 3.76. The molecule has 0 amide bonds. The molecule has 4 aromatic carbocycles. The van der Waals surface area contributed by atoms with Gasteiger partial charge < -0.3 is 0 Å². The van der Waals surface area contributed by atoms with Gasteiger partial charge in [-0.05, 0) is 41.5 Å². The maximum atomic E-state index is 8.49. The van der Waals surface area contributed by atoms with Crippen molar-refractivity contribution in [2.45, 2.75) is 0 Å². The standard InChI is InChI=1S/C29H21O.ClHO4/c1-5-13-22(14-6-1)26-21-27(23-15-7-2-8-16-23)29(25-19-11-4-12-20-25)30-28(26)24-17-9-3-10-18-24;2-1(3,4)5/h1-21H;(H,2,3,4,5)/q+1;/p-1. The number of rotatable bonds is 4. The van der Waals surface area contributed by atoms with Crippen LogP contribution in [0.4, 0.5) is 0 Å². The Bertz CT molecular complexity index is 1150. The first-order valence-electron chi connectivity index (χ1n) is 10.7. The van der Waals surface area contributed by atoms with Crippen LogP contribution in [-0.2, 0) is 0 Å². The molecule has 5 rings (SSSR count). The lowest BCUT2D eigenvalue weighted by Crippen LogP contribution is -2.68. The fraction of sp³-hybridized carbons (Fsp3) is 0. The molecule has 0 fully saturated rings. The van der Waals surface area contributed by atoms with E-state index in [-0.39, 0.29) is 0 Å². The summed E-state index contributed by atoms with van der Waals surface area (Å²) in [6.45, 7) is 0. The Morgan fingerprint density at radius 2 is 0.657 bits per heavy atom. The van der Waals surface area contributed by atoms with Gasteiger partial charge in [-0.3, -0.25) is 0 Å². The van der Waals surface area contributed by atoms with Crippen molar-refractivity contribution in [3.63, 3.8) is 0 Å². The molecule has 174 valence electrons. The van der Waals surface area contributed by atoms with Crippen molar-refractivity contribution < 1.29 is 33.3 Å². The van der Waals surface area contributed by atoms with Crippen LogP contribution in [0.25, 0.3) is 44.9 Å². The minimum atomic E-state index is -4.94. The van der Waals surface area contributed by atoms with Crippen molar-refractivity contribution in [2.24, 2.45) is 0 Å². The van der Waals surface area contributed by atoms with Crippen LogP contribution in [0.3, 0.4) is 0 Å². The number of benzene rings is 4. The lowest BCUT2D eigenvalue weighted by Gasteiger charge is -2.17. The normalized spacial score (nSPS) is 10.9. The van der Waals surface area contributed by atoms with Crippen LogP contribution in [0.15, 0.2) is 132 Å². The molecule has 0 bridgehead atoms. The third-order valence-electron chi connectivity index (χ3n) is 5.22. The molecule has 5 nitrogen and oxygen atoms in total. The smallest absolute Gasteiger partial charge is 0.222 e. The van der Waals surface area contributed by atoms with Gasteiger partial charge in [0.25, 0.3) is 0 Å². The Morgan fingerprint density at radius 3 is 0.943 bits per heavy atom. The molecule has 1 heterocycles. The highest BCUT2D eigenvalue weighted by atomic mass is 35.7. The van der Waals surface area contributed by atoms with Crippen molar-refractivity contribution >= 4 is 0 Å². The Morgan fingerprint density at radius 1 is 0.400 bits per heavy atom. The zero-order chi connectivity index (χ0) is 24.7. The van der Waals surface area contributed by atoms with Gasteiger partial charge in [-0.1, -0.05) is 97.1 Å². The summed E-state index contributed by atoms with van der Waals surface area (Å²) >= 11 is 0. The van der Waals surface area contributed by atoms with E-state index in [1.165, 1.54) is 0 Å². The SMILES string of the molecule is [O-][Cl+3]([O-])([O-])[O-].c1ccc(-c2cc(-c3ccccc3)c(-c3ccccc3)[o+]c2-c2ccccc2)cc1. The summed E-state index contributed by atoms with van der Waals surface area (Å²) in [5.74, 6) is 1.75. The molecule has 0 unspecified atom stereocenters. The summed E-state index contributed by atoms with van der Waals surface area (Å²) in [6.07, 6.45) is 0. The third-order valence-corrected chi connectivity index (χ3v) is 5.22. The van der Waals surface area contributed by atoms with Crippen LogP contribution in [0.5, 0.6) is 0 Å². The maximum absolute atomic E-state index is 8.49. The quantitative estimate of drug-likeness (QED) is 0.363. The van der Waals surface area contributed by atoms with E-state index in [4.69, 9.17) is 23.1 Å². The molecule has 0 saturated heterocycles. The lowest BCUT2D eigenvalue weighted by molar-refractivity contribution is -2.00. The first-order valence-corrected chi connectivity index (χ1v) is 12.0. The van der Waals surface area contributed by atoms with Crippen LogP contribution >= 0.6 is 0 Å². The Kier molecular flexibility index (Phi) is 7.67. The van der Waals surface area contributed by atoms with E-state index >= 15 is 0 Å². The number of hydrogen-bond donors (Lipinski definition) is 0. The van der Waals surface area contributed by atoms with E-state index in [0.29, 0.717) is 0 Å². The predicted molar refractivity (Wildman–Crippen MR) is 125 cm³/mol. The zero-order valence-electron chi connectivity index (χ0n) is 18.5. The molecule has 0 saturated carbocycles. The second-order valence-electron chi connectivity index (χ2n) is 7.57. The summed E-state index contributed by atoms with van der Waals surface area (Å²) in [7, 11) is -4.94. The monoisotopic (exact) mass is 484 g/mol. The fourth-order valence-corrected chi connectivity index (χ4v) is 3.76. The van der Waals surface area contributed by atoms with E-state index in [2.05, 4.69) is 78.9 Å². The van der Waals surface area contributed by atoms with Gasteiger partial charge >= 0.3 is 11.5 Å². The first kappa shape index (κ1) is 24.3. The predicted octanol–water partition coefficient (Wildman–Crippen LogP) is 3.47. The van der Waals surface area contributed by atoms with Gasteiger partial charge in [0.1, 0.15) is 0 Å². The van der Waals surface area contributed by atoms with Crippen LogP contribution in [0, 0.1) is 10.2 Å². The van der Waals surface area contributed by atoms with Crippen LogP contribution in [-0.4, -0.2) is 0 Å². The molecule has 0 spiro atoms. The van der Waals surface area contributed by atoms with Crippen molar-refractivity contribution in [1.29, 1.82) is 0 Å². The molecule has 0 aliphatic heterocycles. The Balaban J connectivity index is 0.000000527. The van der Waals surface area contributed by atoms with Gasteiger partial charge in [-0.2, -0.15) is 0 Å². The molecule has 0 radical (unpaired) electrons. The summed E-state index contributed by atoms with van der Waals surface area (Å²) in [4.78, 5) is 0. The third kappa shape index (κ3) is 6.61. The molecular formula is C29H21ClO5. The summed E-state index contributed by atoms with van der Waals surface area (Å²) in [6, 6.07) is 43.8. The van der Waals surface area contributed by atoms with Crippen molar-refractivity contribution in [3.05, 3.63) is 127 Å². The second kappa shape index (κ2) is 11.1. The molecule has 6 heteroatoms. The van der Waals surface area contributed by atoms with Gasteiger partial charge in [-0.25, -0.2) is 23.1 Å². The summed E-state index contributed by atoms with van der Waals surface area (Å²) < 4.78 is 40.7. The van der Waals surface area contributed by atoms with Crippen molar-refractivity contribution in [2.75, 3.05) is 0 Å². The molecule has 0 N–H and O–H groups in total. The van der Waals surface area contributed by atoms with E-state index in [9.17, 15) is 0 Å². The van der Waals surface area contributed by atoms with Crippen molar-refractivity contribution in [1.82, 2.24) is 0 Å². The maximum Gasteiger partial charge on any atom is 0.368 e.